The van der Waals surface area contributed by atoms with Gasteiger partial charge in [0.05, 0.1) is 0 Å². The zero-order valence-electron chi connectivity index (χ0n) is 6.67. The molecule has 0 aromatic carbocycles. The van der Waals surface area contributed by atoms with Crippen molar-refractivity contribution >= 4 is 11.9 Å². The predicted octanol–water partition coefficient (Wildman–Crippen LogP) is -0.0127. The second-order valence-corrected chi connectivity index (χ2v) is 3.70. The SMILES string of the molecule is O=C(O)[C@H]1C(=O)NCC12CCC2. The number of carbonyl (C=O) groups excluding carboxylic acids is 1. The monoisotopic (exact) mass is 169 g/mol. The molecule has 2 N–H and O–H groups in total. The van der Waals surface area contributed by atoms with Gasteiger partial charge in [0.25, 0.3) is 0 Å². The molecule has 0 radical (unpaired) electrons. The maximum Gasteiger partial charge on any atom is 0.316 e. The summed E-state index contributed by atoms with van der Waals surface area (Å²) in [6, 6.07) is 0. The van der Waals surface area contributed by atoms with E-state index >= 15 is 0 Å². The average Bonchev–Trinajstić information content (AvgIpc) is 2.25. The Morgan fingerprint density at radius 2 is 2.25 bits per heavy atom. The molecule has 4 nitrogen and oxygen atoms in total. The number of amides is 1. The molecule has 1 spiro atoms. The Morgan fingerprint density at radius 3 is 2.58 bits per heavy atom. The van der Waals surface area contributed by atoms with E-state index in [1.807, 2.05) is 0 Å². The Hall–Kier alpha value is -1.06. The van der Waals surface area contributed by atoms with Crippen LogP contribution in [0.4, 0.5) is 0 Å². The molecule has 0 unspecified atom stereocenters. The van der Waals surface area contributed by atoms with Crippen LogP contribution in [-0.2, 0) is 9.59 Å². The van der Waals surface area contributed by atoms with Crippen LogP contribution in [0, 0.1) is 11.3 Å². The van der Waals surface area contributed by atoms with Crippen molar-refractivity contribution in [3.8, 4) is 0 Å². The van der Waals surface area contributed by atoms with E-state index in [0.29, 0.717) is 6.54 Å². The van der Waals surface area contributed by atoms with Crippen molar-refractivity contribution < 1.29 is 14.7 Å². The first-order valence-electron chi connectivity index (χ1n) is 4.16. The average molecular weight is 169 g/mol. The van der Waals surface area contributed by atoms with Gasteiger partial charge in [-0.25, -0.2) is 0 Å². The second kappa shape index (κ2) is 2.21. The van der Waals surface area contributed by atoms with Gasteiger partial charge in [0.2, 0.25) is 5.91 Å². The van der Waals surface area contributed by atoms with Gasteiger partial charge in [-0.05, 0) is 12.8 Å². The maximum atomic E-state index is 11.1. The van der Waals surface area contributed by atoms with E-state index < -0.39 is 11.9 Å². The summed E-state index contributed by atoms with van der Waals surface area (Å²) in [6.07, 6.45) is 2.81. The minimum absolute atomic E-state index is 0.233. The Balaban J connectivity index is 2.25. The quantitative estimate of drug-likeness (QED) is 0.542. The van der Waals surface area contributed by atoms with Crippen LogP contribution in [0.2, 0.25) is 0 Å². The number of carboxylic acids is 1. The molecule has 0 aromatic heterocycles. The Bertz CT molecular complexity index is 245. The van der Waals surface area contributed by atoms with Crippen molar-refractivity contribution in [2.24, 2.45) is 11.3 Å². The van der Waals surface area contributed by atoms with E-state index in [-0.39, 0.29) is 11.3 Å². The summed E-state index contributed by atoms with van der Waals surface area (Å²) in [6.45, 7) is 0.558. The topological polar surface area (TPSA) is 66.4 Å². The third kappa shape index (κ3) is 0.777. The lowest BCUT2D eigenvalue weighted by Crippen LogP contribution is -2.41. The van der Waals surface area contributed by atoms with E-state index in [9.17, 15) is 9.59 Å². The Labute approximate surface area is 69.9 Å². The van der Waals surface area contributed by atoms with E-state index in [2.05, 4.69) is 5.32 Å². The molecule has 66 valence electrons. The van der Waals surface area contributed by atoms with Gasteiger partial charge >= 0.3 is 5.97 Å². The molecule has 1 saturated carbocycles. The summed E-state index contributed by atoms with van der Waals surface area (Å²) in [7, 11) is 0. The van der Waals surface area contributed by atoms with Crippen LogP contribution < -0.4 is 5.32 Å². The first-order chi connectivity index (χ1) is 5.66. The van der Waals surface area contributed by atoms with Crippen LogP contribution in [-0.4, -0.2) is 23.5 Å². The highest BCUT2D eigenvalue weighted by atomic mass is 16.4. The Morgan fingerprint density at radius 1 is 1.58 bits per heavy atom. The lowest BCUT2D eigenvalue weighted by Gasteiger charge is -2.39. The molecule has 2 fully saturated rings. The van der Waals surface area contributed by atoms with Crippen molar-refractivity contribution in [3.05, 3.63) is 0 Å². The van der Waals surface area contributed by atoms with E-state index in [1.54, 1.807) is 0 Å². The van der Waals surface area contributed by atoms with Gasteiger partial charge in [-0.2, -0.15) is 0 Å². The normalized spacial score (nSPS) is 31.3. The number of rotatable bonds is 1. The summed E-state index contributed by atoms with van der Waals surface area (Å²) < 4.78 is 0. The molecule has 1 saturated heterocycles. The molecule has 1 aliphatic heterocycles. The number of hydrogen-bond acceptors (Lipinski definition) is 2. The Kier molecular flexibility index (Phi) is 1.40. The molecule has 0 bridgehead atoms. The first kappa shape index (κ1) is 7.58. The zero-order chi connectivity index (χ0) is 8.77. The van der Waals surface area contributed by atoms with Gasteiger partial charge in [-0.15, -0.1) is 0 Å². The molecule has 12 heavy (non-hydrogen) atoms. The fourth-order valence-corrected chi connectivity index (χ4v) is 2.22. The lowest BCUT2D eigenvalue weighted by atomic mass is 9.63. The third-order valence-corrected chi connectivity index (χ3v) is 3.09. The van der Waals surface area contributed by atoms with Crippen molar-refractivity contribution in [1.29, 1.82) is 0 Å². The van der Waals surface area contributed by atoms with Crippen LogP contribution in [0.3, 0.4) is 0 Å². The summed E-state index contributed by atoms with van der Waals surface area (Å²) >= 11 is 0. The van der Waals surface area contributed by atoms with Crippen LogP contribution in [0.15, 0.2) is 0 Å². The smallest absolute Gasteiger partial charge is 0.316 e. The molecule has 4 heteroatoms. The molecule has 1 heterocycles. The standard InChI is InChI=1S/C8H11NO3/c10-6-5(7(11)12)8(4-9-6)2-1-3-8/h5H,1-4H2,(H,9,10)(H,11,12)/t5-/m1/s1. The molecular formula is C8H11NO3. The van der Waals surface area contributed by atoms with Gasteiger partial charge in [0.15, 0.2) is 0 Å². The van der Waals surface area contributed by atoms with Crippen molar-refractivity contribution in [1.82, 2.24) is 5.32 Å². The molecule has 2 aliphatic rings. The van der Waals surface area contributed by atoms with E-state index in [1.165, 1.54) is 0 Å². The van der Waals surface area contributed by atoms with Crippen molar-refractivity contribution in [2.75, 3.05) is 6.54 Å². The molecule has 1 atom stereocenters. The van der Waals surface area contributed by atoms with Gasteiger partial charge in [0.1, 0.15) is 5.92 Å². The highest BCUT2D eigenvalue weighted by Crippen LogP contribution is 2.49. The first-order valence-corrected chi connectivity index (χ1v) is 4.16. The van der Waals surface area contributed by atoms with Crippen LogP contribution in [0.1, 0.15) is 19.3 Å². The van der Waals surface area contributed by atoms with Gasteiger partial charge in [0, 0.05) is 12.0 Å². The van der Waals surface area contributed by atoms with Crippen molar-refractivity contribution in [2.45, 2.75) is 19.3 Å². The summed E-state index contributed by atoms with van der Waals surface area (Å²) in [5.41, 5.74) is -0.233. The highest BCUT2D eigenvalue weighted by Gasteiger charge is 2.55. The second-order valence-electron chi connectivity index (χ2n) is 3.70. The molecule has 2 rings (SSSR count). The number of carbonyl (C=O) groups is 2. The fourth-order valence-electron chi connectivity index (χ4n) is 2.22. The minimum atomic E-state index is -0.968. The van der Waals surface area contributed by atoms with Crippen LogP contribution >= 0.6 is 0 Å². The van der Waals surface area contributed by atoms with Crippen LogP contribution in [0.25, 0.3) is 0 Å². The number of carboxylic acid groups (broad SMARTS) is 1. The van der Waals surface area contributed by atoms with Gasteiger partial charge in [-0.1, -0.05) is 6.42 Å². The summed E-state index contributed by atoms with van der Waals surface area (Å²) in [5, 5.41) is 11.4. The maximum absolute atomic E-state index is 11.1. The molecule has 1 amide bonds. The molecule has 0 aromatic rings. The van der Waals surface area contributed by atoms with Crippen LogP contribution in [0.5, 0.6) is 0 Å². The zero-order valence-corrected chi connectivity index (χ0v) is 6.67. The van der Waals surface area contributed by atoms with Gasteiger partial charge < -0.3 is 10.4 Å². The van der Waals surface area contributed by atoms with E-state index in [4.69, 9.17) is 5.11 Å². The lowest BCUT2D eigenvalue weighted by molar-refractivity contribution is -0.151. The molecule has 1 aliphatic carbocycles. The van der Waals surface area contributed by atoms with Crippen molar-refractivity contribution in [3.63, 3.8) is 0 Å². The highest BCUT2D eigenvalue weighted by molar-refractivity contribution is 5.99. The number of hydrogen-bond donors (Lipinski definition) is 2. The molecular weight excluding hydrogens is 158 g/mol. The van der Waals surface area contributed by atoms with E-state index in [0.717, 1.165) is 19.3 Å². The summed E-state index contributed by atoms with van der Waals surface area (Å²) in [4.78, 5) is 21.9. The largest absolute Gasteiger partial charge is 0.481 e. The predicted molar refractivity (Wildman–Crippen MR) is 40.4 cm³/mol. The third-order valence-electron chi connectivity index (χ3n) is 3.09. The summed E-state index contributed by atoms with van der Waals surface area (Å²) in [5.74, 6) is -2.06. The number of nitrogens with one attached hydrogen (secondary N) is 1. The fraction of sp³-hybridized carbons (Fsp3) is 0.750. The van der Waals surface area contributed by atoms with Gasteiger partial charge in [-0.3, -0.25) is 9.59 Å². The minimum Gasteiger partial charge on any atom is -0.481 e. The number of aliphatic carboxylic acids is 1.